The highest BCUT2D eigenvalue weighted by molar-refractivity contribution is 5.38. The highest BCUT2D eigenvalue weighted by Gasteiger charge is 2.31. The van der Waals surface area contributed by atoms with E-state index in [0.29, 0.717) is 0 Å². The zero-order chi connectivity index (χ0) is 13.9. The van der Waals surface area contributed by atoms with E-state index in [-0.39, 0.29) is 6.42 Å². The van der Waals surface area contributed by atoms with E-state index in [9.17, 15) is 9.50 Å². The topological polar surface area (TPSA) is 20.2 Å². The largest absolute Gasteiger partial charge is 0.380 e. The summed E-state index contributed by atoms with van der Waals surface area (Å²) in [5, 5.41) is 10.9. The molecule has 0 bridgehead atoms. The molecule has 2 aromatic carbocycles. The third-order valence-electron chi connectivity index (χ3n) is 3.51. The number of rotatable bonds is 4. The number of aliphatic hydroxyl groups is 1. The Morgan fingerprint density at radius 1 is 0.842 bits per heavy atom. The molecule has 0 amide bonds. The Balaban J connectivity index is 2.47. The first-order valence-electron chi connectivity index (χ1n) is 6.49. The minimum atomic E-state index is -1.25. The van der Waals surface area contributed by atoms with E-state index in [0.717, 1.165) is 22.3 Å². The Morgan fingerprint density at radius 3 is 1.53 bits per heavy atom. The van der Waals surface area contributed by atoms with Crippen LogP contribution in [-0.2, 0) is 5.60 Å². The average molecular weight is 258 g/mol. The molecule has 0 aliphatic rings. The van der Waals surface area contributed by atoms with Gasteiger partial charge >= 0.3 is 0 Å². The smallest absolute Gasteiger partial charge is 0.117 e. The van der Waals surface area contributed by atoms with E-state index in [2.05, 4.69) is 0 Å². The molecule has 19 heavy (non-hydrogen) atoms. The summed E-state index contributed by atoms with van der Waals surface area (Å²) in [7, 11) is 0. The molecule has 0 saturated carbocycles. The molecule has 0 aliphatic heterocycles. The molecule has 2 rings (SSSR count). The molecule has 0 saturated heterocycles. The Bertz CT molecular complexity index is 483. The highest BCUT2D eigenvalue weighted by Crippen LogP contribution is 2.33. The van der Waals surface area contributed by atoms with Crippen molar-refractivity contribution in [2.45, 2.75) is 25.9 Å². The number of halogens is 1. The van der Waals surface area contributed by atoms with E-state index in [1.54, 1.807) is 0 Å². The van der Waals surface area contributed by atoms with Crippen LogP contribution in [-0.4, -0.2) is 11.8 Å². The van der Waals surface area contributed by atoms with Crippen LogP contribution in [0.2, 0.25) is 0 Å². The zero-order valence-electron chi connectivity index (χ0n) is 11.4. The number of benzene rings is 2. The first-order chi connectivity index (χ1) is 9.06. The minimum Gasteiger partial charge on any atom is -0.380 e. The van der Waals surface area contributed by atoms with Crippen LogP contribution in [0.1, 0.15) is 28.7 Å². The van der Waals surface area contributed by atoms with E-state index in [4.69, 9.17) is 0 Å². The van der Waals surface area contributed by atoms with Crippen molar-refractivity contribution in [3.8, 4) is 0 Å². The van der Waals surface area contributed by atoms with Gasteiger partial charge in [-0.15, -0.1) is 0 Å². The quantitative estimate of drug-likeness (QED) is 0.881. The number of aryl methyl sites for hydroxylation is 2. The first kappa shape index (κ1) is 13.8. The molecule has 2 heteroatoms. The van der Waals surface area contributed by atoms with Gasteiger partial charge < -0.3 is 5.11 Å². The number of hydrogen-bond donors (Lipinski definition) is 1. The minimum absolute atomic E-state index is 0.0686. The van der Waals surface area contributed by atoms with Crippen molar-refractivity contribution in [3.63, 3.8) is 0 Å². The second-order valence-electron chi connectivity index (χ2n) is 5.03. The van der Waals surface area contributed by atoms with Gasteiger partial charge in [0.25, 0.3) is 0 Å². The maximum Gasteiger partial charge on any atom is 0.117 e. The Labute approximate surface area is 113 Å². The molecule has 1 N–H and O–H groups in total. The number of alkyl halides is 1. The molecule has 1 nitrogen and oxygen atoms in total. The Morgan fingerprint density at radius 2 is 1.21 bits per heavy atom. The Kier molecular flexibility index (Phi) is 4.01. The molecule has 0 spiro atoms. The molecule has 0 atom stereocenters. The van der Waals surface area contributed by atoms with Gasteiger partial charge in [0.15, 0.2) is 0 Å². The summed E-state index contributed by atoms with van der Waals surface area (Å²) in [5.41, 5.74) is 2.46. The van der Waals surface area contributed by atoms with Gasteiger partial charge in [-0.25, -0.2) is 0 Å². The third kappa shape index (κ3) is 2.85. The molecular formula is C17H19FO. The van der Waals surface area contributed by atoms with Crippen LogP contribution < -0.4 is 0 Å². The summed E-state index contributed by atoms with van der Waals surface area (Å²) in [4.78, 5) is 0. The summed E-state index contributed by atoms with van der Waals surface area (Å²) < 4.78 is 12.9. The second-order valence-corrected chi connectivity index (χ2v) is 5.03. The first-order valence-corrected chi connectivity index (χ1v) is 6.49. The van der Waals surface area contributed by atoms with Crippen molar-refractivity contribution in [1.29, 1.82) is 0 Å². The van der Waals surface area contributed by atoms with Crippen LogP contribution in [0.15, 0.2) is 48.5 Å². The fraction of sp³-hybridized carbons (Fsp3) is 0.294. The summed E-state index contributed by atoms with van der Waals surface area (Å²) in [5.74, 6) is 0. The summed E-state index contributed by atoms with van der Waals surface area (Å²) in [6.07, 6.45) is 0.0686. The van der Waals surface area contributed by atoms with Crippen molar-refractivity contribution in [2.75, 3.05) is 6.67 Å². The van der Waals surface area contributed by atoms with Crippen LogP contribution in [0, 0.1) is 13.8 Å². The molecule has 0 aromatic heterocycles. The van der Waals surface area contributed by atoms with Crippen molar-refractivity contribution in [1.82, 2.24) is 0 Å². The molecule has 0 fully saturated rings. The summed E-state index contributed by atoms with van der Waals surface area (Å²) in [6.45, 7) is 3.42. The van der Waals surface area contributed by atoms with E-state index in [1.807, 2.05) is 62.4 Å². The van der Waals surface area contributed by atoms with E-state index < -0.39 is 12.3 Å². The van der Waals surface area contributed by atoms with Gasteiger partial charge in [0.05, 0.1) is 6.67 Å². The van der Waals surface area contributed by atoms with Gasteiger partial charge in [-0.05, 0) is 25.0 Å². The number of hydrogen-bond acceptors (Lipinski definition) is 1. The fourth-order valence-electron chi connectivity index (χ4n) is 2.25. The van der Waals surface area contributed by atoms with Gasteiger partial charge in [0.2, 0.25) is 0 Å². The molecule has 0 heterocycles. The molecule has 2 aromatic rings. The predicted molar refractivity (Wildman–Crippen MR) is 75.9 cm³/mol. The van der Waals surface area contributed by atoms with Crippen molar-refractivity contribution >= 4 is 0 Å². The standard InChI is InChI=1S/C17H19FO/c1-13-3-7-15(8-4-13)17(19,11-12-18)16-9-5-14(2)6-10-16/h3-10,19H,11-12H2,1-2H3. The van der Waals surface area contributed by atoms with Gasteiger partial charge in [0.1, 0.15) is 5.60 Å². The van der Waals surface area contributed by atoms with E-state index >= 15 is 0 Å². The van der Waals surface area contributed by atoms with Crippen molar-refractivity contribution in [3.05, 3.63) is 70.8 Å². The molecule has 0 radical (unpaired) electrons. The molecular weight excluding hydrogens is 239 g/mol. The van der Waals surface area contributed by atoms with Crippen LogP contribution in [0.4, 0.5) is 4.39 Å². The zero-order valence-corrected chi connectivity index (χ0v) is 11.4. The molecule has 100 valence electrons. The molecule has 0 aliphatic carbocycles. The van der Waals surface area contributed by atoms with Crippen molar-refractivity contribution < 1.29 is 9.50 Å². The molecule has 0 unspecified atom stereocenters. The summed E-state index contributed by atoms with van der Waals surface area (Å²) in [6, 6.07) is 15.2. The van der Waals surface area contributed by atoms with Crippen LogP contribution in [0.3, 0.4) is 0 Å². The maximum atomic E-state index is 12.9. The average Bonchev–Trinajstić information content (AvgIpc) is 2.40. The van der Waals surface area contributed by atoms with Crippen LogP contribution in [0.5, 0.6) is 0 Å². The van der Waals surface area contributed by atoms with Gasteiger partial charge in [-0.3, -0.25) is 4.39 Å². The highest BCUT2D eigenvalue weighted by atomic mass is 19.1. The predicted octanol–water partition coefficient (Wildman–Crippen LogP) is 3.90. The summed E-state index contributed by atoms with van der Waals surface area (Å²) >= 11 is 0. The SMILES string of the molecule is Cc1ccc(C(O)(CCF)c2ccc(C)cc2)cc1. The second kappa shape index (κ2) is 5.54. The Hall–Kier alpha value is -1.67. The normalized spacial score (nSPS) is 11.6. The van der Waals surface area contributed by atoms with Gasteiger partial charge in [-0.1, -0.05) is 59.7 Å². The maximum absolute atomic E-state index is 12.9. The third-order valence-corrected chi connectivity index (χ3v) is 3.51. The van der Waals surface area contributed by atoms with Gasteiger partial charge in [0, 0.05) is 6.42 Å². The van der Waals surface area contributed by atoms with Crippen LogP contribution in [0.25, 0.3) is 0 Å². The van der Waals surface area contributed by atoms with Crippen molar-refractivity contribution in [2.24, 2.45) is 0 Å². The lowest BCUT2D eigenvalue weighted by Crippen LogP contribution is -2.28. The van der Waals surface area contributed by atoms with Gasteiger partial charge in [-0.2, -0.15) is 0 Å². The monoisotopic (exact) mass is 258 g/mol. The fourth-order valence-corrected chi connectivity index (χ4v) is 2.25. The van der Waals surface area contributed by atoms with E-state index in [1.165, 1.54) is 0 Å². The lowest BCUT2D eigenvalue weighted by molar-refractivity contribution is 0.0633. The lowest BCUT2D eigenvalue weighted by Gasteiger charge is -2.28. The van der Waals surface area contributed by atoms with Crippen LogP contribution >= 0.6 is 0 Å². The lowest BCUT2D eigenvalue weighted by atomic mass is 9.83.